The van der Waals surface area contributed by atoms with Gasteiger partial charge in [0.25, 0.3) is 0 Å². The first kappa shape index (κ1) is 27.2. The van der Waals surface area contributed by atoms with E-state index in [0.29, 0.717) is 30.6 Å². The maximum atomic E-state index is 12.4. The van der Waals surface area contributed by atoms with Gasteiger partial charge in [-0.15, -0.1) is 0 Å². The molecule has 5 rings (SSSR count). The Morgan fingerprint density at radius 3 is 2.35 bits per heavy atom. The van der Waals surface area contributed by atoms with Crippen LogP contribution in [0.25, 0.3) is 0 Å². The highest BCUT2D eigenvalue weighted by Crippen LogP contribution is 2.77. The van der Waals surface area contributed by atoms with Gasteiger partial charge in [-0.25, -0.2) is 0 Å². The van der Waals surface area contributed by atoms with Crippen LogP contribution in [0, 0.1) is 34.5 Å². The van der Waals surface area contributed by atoms with Gasteiger partial charge >= 0.3 is 11.9 Å². The fourth-order valence-corrected chi connectivity index (χ4v) is 10.1. The molecule has 37 heavy (non-hydrogen) atoms. The molecule has 6 nitrogen and oxygen atoms in total. The fourth-order valence-electron chi connectivity index (χ4n) is 10.1. The Balaban J connectivity index is 1.46. The largest absolute Gasteiger partial charge is 0.462 e. The molecule has 1 N–H and O–H groups in total. The monoisotopic (exact) mass is 516 g/mol. The van der Waals surface area contributed by atoms with E-state index in [1.165, 1.54) is 32.3 Å². The van der Waals surface area contributed by atoms with Crippen molar-refractivity contribution in [1.29, 1.82) is 0 Å². The van der Waals surface area contributed by atoms with Crippen molar-refractivity contribution < 1.29 is 28.9 Å². The second-order valence-electron chi connectivity index (χ2n) is 13.9. The molecule has 0 aromatic rings. The van der Waals surface area contributed by atoms with Gasteiger partial charge in [0.05, 0.1) is 0 Å². The Bertz CT molecular complexity index is 971. The van der Waals surface area contributed by atoms with E-state index in [-0.39, 0.29) is 35.1 Å². The number of carbonyl (C=O) groups is 2. The van der Waals surface area contributed by atoms with Crippen LogP contribution in [0.2, 0.25) is 0 Å². The average Bonchev–Trinajstić information content (AvgIpc) is 3.39. The number of allylic oxidation sites excluding steroid dienone is 2. The zero-order valence-electron chi connectivity index (χ0n) is 24.0. The molecule has 0 aromatic carbocycles. The van der Waals surface area contributed by atoms with Crippen LogP contribution < -0.4 is 0 Å². The zero-order valence-corrected chi connectivity index (χ0v) is 24.0. The Hall–Kier alpha value is -1.40. The molecule has 4 aliphatic carbocycles. The molecule has 0 radical (unpaired) electrons. The van der Waals surface area contributed by atoms with Crippen molar-refractivity contribution in [3.8, 4) is 0 Å². The Morgan fingerprint density at radius 2 is 1.70 bits per heavy atom. The van der Waals surface area contributed by atoms with Crippen molar-refractivity contribution in [1.82, 2.24) is 0 Å². The summed E-state index contributed by atoms with van der Waals surface area (Å²) in [5.74, 6) is 1.19. The van der Waals surface area contributed by atoms with Crippen LogP contribution in [0.5, 0.6) is 0 Å². The van der Waals surface area contributed by atoms with Crippen molar-refractivity contribution in [2.24, 2.45) is 34.5 Å². The molecule has 0 aromatic heterocycles. The number of carbonyl (C=O) groups excluding carboxylic acids is 2. The highest BCUT2D eigenvalue weighted by molar-refractivity contribution is 5.67. The van der Waals surface area contributed by atoms with E-state index in [2.05, 4.69) is 40.7 Å². The smallest absolute Gasteiger partial charge is 0.303 e. The molecule has 11 atom stereocenters. The molecule has 1 aliphatic heterocycles. The third kappa shape index (κ3) is 3.94. The topological polar surface area (TPSA) is 85.4 Å². The Kier molecular flexibility index (Phi) is 6.67. The second-order valence-corrected chi connectivity index (χ2v) is 13.9. The molecule has 5 fully saturated rings. The molecule has 1 saturated heterocycles. The van der Waals surface area contributed by atoms with E-state index in [1.54, 1.807) is 0 Å². The zero-order chi connectivity index (χ0) is 27.0. The van der Waals surface area contributed by atoms with Gasteiger partial charge in [-0.2, -0.15) is 0 Å². The summed E-state index contributed by atoms with van der Waals surface area (Å²) in [6, 6.07) is 0. The maximum Gasteiger partial charge on any atom is 0.303 e. The van der Waals surface area contributed by atoms with E-state index >= 15 is 0 Å². The Morgan fingerprint density at radius 1 is 1.00 bits per heavy atom. The van der Waals surface area contributed by atoms with Crippen LogP contribution >= 0.6 is 0 Å². The normalized spacial score (nSPS) is 48.4. The van der Waals surface area contributed by atoms with Crippen LogP contribution in [-0.2, 0) is 23.8 Å². The third-order valence-electron chi connectivity index (χ3n) is 11.7. The SMILES string of the molecule is CC(=O)O[C@H]1CC[C@]2(C)C3CC[C@@]4(C)C(CC[C@@H]4C(C)CCC=C(C)C)C34O[C@@H]4[C@H](OC(C)=O)[C@@]2(O)C1. The second kappa shape index (κ2) is 9.08. The fraction of sp³-hybridized carbons (Fsp3) is 0.871. The first-order valence-corrected chi connectivity index (χ1v) is 14.7. The summed E-state index contributed by atoms with van der Waals surface area (Å²) in [6.07, 6.45) is 9.57. The lowest BCUT2D eigenvalue weighted by molar-refractivity contribution is -0.255. The maximum absolute atomic E-state index is 12.4. The molecule has 4 unspecified atom stereocenters. The van der Waals surface area contributed by atoms with E-state index in [0.717, 1.165) is 32.1 Å². The minimum absolute atomic E-state index is 0.192. The first-order chi connectivity index (χ1) is 17.3. The Labute approximate surface area is 222 Å². The lowest BCUT2D eigenvalue weighted by Gasteiger charge is -2.63. The van der Waals surface area contributed by atoms with Crippen LogP contribution in [0.3, 0.4) is 0 Å². The van der Waals surface area contributed by atoms with Crippen molar-refractivity contribution in [2.45, 2.75) is 136 Å². The summed E-state index contributed by atoms with van der Waals surface area (Å²) in [5.41, 5.74) is -0.506. The molecule has 4 saturated carbocycles. The quantitative estimate of drug-likeness (QED) is 0.275. The van der Waals surface area contributed by atoms with Crippen LogP contribution in [0.15, 0.2) is 11.6 Å². The number of rotatable bonds is 6. The summed E-state index contributed by atoms with van der Waals surface area (Å²) >= 11 is 0. The van der Waals surface area contributed by atoms with E-state index in [9.17, 15) is 14.7 Å². The predicted molar refractivity (Wildman–Crippen MR) is 140 cm³/mol. The van der Waals surface area contributed by atoms with Crippen molar-refractivity contribution >= 4 is 11.9 Å². The highest BCUT2D eigenvalue weighted by atomic mass is 16.7. The van der Waals surface area contributed by atoms with Crippen molar-refractivity contribution in [3.05, 3.63) is 11.6 Å². The molecule has 6 heteroatoms. The summed E-state index contributed by atoms with van der Waals surface area (Å²) in [7, 11) is 0. The molecular formula is C31H48O6. The van der Waals surface area contributed by atoms with Crippen LogP contribution in [0.4, 0.5) is 0 Å². The molecule has 208 valence electrons. The van der Waals surface area contributed by atoms with Crippen LogP contribution in [0.1, 0.15) is 106 Å². The minimum atomic E-state index is -1.28. The van der Waals surface area contributed by atoms with Crippen LogP contribution in [-0.4, -0.2) is 46.6 Å². The number of epoxide rings is 1. The van der Waals surface area contributed by atoms with E-state index < -0.39 is 23.1 Å². The van der Waals surface area contributed by atoms with Gasteiger partial charge in [0.15, 0.2) is 6.10 Å². The summed E-state index contributed by atoms with van der Waals surface area (Å²) in [6.45, 7) is 14.3. The number of esters is 2. The summed E-state index contributed by atoms with van der Waals surface area (Å²) in [5, 5.41) is 12.4. The first-order valence-electron chi connectivity index (χ1n) is 14.7. The summed E-state index contributed by atoms with van der Waals surface area (Å²) < 4.78 is 18.3. The standard InChI is InChI=1S/C31H48O6/c1-18(2)9-8-10-19(3)23-11-12-24-28(23,6)15-14-25-29(7)16-13-22(35-20(4)32)17-30(29,34)26(36-21(5)33)27-31(24,25)37-27/h9,19,22-27,34H,8,10-17H2,1-7H3/t19?,22-,23+,24?,25?,26-,27+,28+,29+,30-,31?/m0/s1. The predicted octanol–water partition coefficient (Wildman–Crippen LogP) is 5.75. The van der Waals surface area contributed by atoms with Gasteiger partial charge in [0.2, 0.25) is 0 Å². The molecule has 0 amide bonds. The molecule has 0 bridgehead atoms. The molecule has 1 spiro atoms. The van der Waals surface area contributed by atoms with Gasteiger partial charge in [-0.1, -0.05) is 32.4 Å². The average molecular weight is 517 g/mol. The lowest BCUT2D eigenvalue weighted by atomic mass is 9.42. The number of hydrogen-bond acceptors (Lipinski definition) is 6. The molecule has 1 heterocycles. The van der Waals surface area contributed by atoms with Crippen molar-refractivity contribution in [3.63, 3.8) is 0 Å². The highest BCUT2D eigenvalue weighted by Gasteiger charge is 2.85. The van der Waals surface area contributed by atoms with E-state index in [4.69, 9.17) is 14.2 Å². The van der Waals surface area contributed by atoms with Crippen molar-refractivity contribution in [2.75, 3.05) is 0 Å². The number of ether oxygens (including phenoxy) is 3. The number of hydrogen-bond donors (Lipinski definition) is 1. The van der Waals surface area contributed by atoms with E-state index in [1.807, 2.05) is 0 Å². The van der Waals surface area contributed by atoms with Gasteiger partial charge in [0.1, 0.15) is 23.4 Å². The summed E-state index contributed by atoms with van der Waals surface area (Å²) in [4.78, 5) is 24.1. The molecular weight excluding hydrogens is 468 g/mol. The van der Waals surface area contributed by atoms with Gasteiger partial charge in [0, 0.05) is 25.7 Å². The lowest BCUT2D eigenvalue weighted by Crippen LogP contribution is -2.72. The number of fused-ring (bicyclic) bond motifs is 3. The minimum Gasteiger partial charge on any atom is -0.462 e. The molecule has 5 aliphatic rings. The number of aliphatic hydroxyl groups is 1. The van der Waals surface area contributed by atoms with Gasteiger partial charge in [-0.05, 0) is 94.3 Å². The third-order valence-corrected chi connectivity index (χ3v) is 11.7. The van der Waals surface area contributed by atoms with Gasteiger partial charge < -0.3 is 19.3 Å². The van der Waals surface area contributed by atoms with Gasteiger partial charge in [-0.3, -0.25) is 9.59 Å².